The number of thiazole rings is 1. The van der Waals surface area contributed by atoms with Gasteiger partial charge in [0.2, 0.25) is 0 Å². The highest BCUT2D eigenvalue weighted by atomic mass is 32.2. The van der Waals surface area contributed by atoms with Crippen molar-refractivity contribution >= 4 is 23.1 Å². The van der Waals surface area contributed by atoms with E-state index < -0.39 is 0 Å². The van der Waals surface area contributed by atoms with E-state index in [4.69, 9.17) is 4.98 Å². The molecule has 2 nitrogen and oxygen atoms in total. The molecule has 21 heavy (non-hydrogen) atoms. The molecule has 2 heterocycles. The first-order chi connectivity index (χ1) is 10.2. The van der Waals surface area contributed by atoms with Gasteiger partial charge in [-0.15, -0.1) is 11.3 Å². The molecule has 1 N–H and O–H groups in total. The Hall–Kier alpha value is -0.840. The highest BCUT2D eigenvalue weighted by Gasteiger charge is 2.23. The number of benzene rings is 1. The van der Waals surface area contributed by atoms with Crippen LogP contribution in [0.5, 0.6) is 0 Å². The average Bonchev–Trinajstić information content (AvgIpc) is 3.15. The Balaban J connectivity index is 1.91. The molecule has 1 aromatic carbocycles. The number of hydrogen-bond acceptors (Lipinski definition) is 4. The van der Waals surface area contributed by atoms with E-state index in [9.17, 15) is 0 Å². The third-order valence-corrected chi connectivity index (χ3v) is 6.34. The van der Waals surface area contributed by atoms with Gasteiger partial charge in [-0.2, -0.15) is 11.8 Å². The van der Waals surface area contributed by atoms with Gasteiger partial charge in [-0.05, 0) is 18.6 Å². The molecule has 4 heteroatoms. The molecule has 1 unspecified atom stereocenters. The Morgan fingerprint density at radius 2 is 2.10 bits per heavy atom. The summed E-state index contributed by atoms with van der Waals surface area (Å²) >= 11 is 3.96. The summed E-state index contributed by atoms with van der Waals surface area (Å²) in [6.45, 7) is 5.30. The minimum absolute atomic E-state index is 0.500. The number of nitrogens with zero attached hydrogens (tertiary/aromatic N) is 1. The standard InChI is InChI=1S/C17H22N2S2/c1-12(2)18-11-15-16(13-7-4-3-5-8-13)19-17(21-15)14-9-6-10-20-14/h3-5,7-8,12,14,18H,6,9-11H2,1-2H3. The summed E-state index contributed by atoms with van der Waals surface area (Å²) in [6.07, 6.45) is 2.61. The van der Waals surface area contributed by atoms with Crippen molar-refractivity contribution in [2.45, 2.75) is 44.5 Å². The zero-order valence-corrected chi connectivity index (χ0v) is 14.3. The van der Waals surface area contributed by atoms with Crippen LogP contribution in [-0.2, 0) is 6.54 Å². The third-order valence-electron chi connectivity index (χ3n) is 3.64. The molecule has 1 saturated heterocycles. The molecule has 112 valence electrons. The van der Waals surface area contributed by atoms with E-state index in [1.54, 1.807) is 0 Å². The molecule has 1 fully saturated rings. The van der Waals surface area contributed by atoms with Crippen molar-refractivity contribution < 1.29 is 0 Å². The maximum absolute atomic E-state index is 5.00. The molecule has 1 atom stereocenters. The summed E-state index contributed by atoms with van der Waals surface area (Å²) in [5.41, 5.74) is 2.42. The van der Waals surface area contributed by atoms with E-state index in [1.165, 1.54) is 39.7 Å². The van der Waals surface area contributed by atoms with E-state index in [0.29, 0.717) is 11.3 Å². The van der Waals surface area contributed by atoms with Crippen molar-refractivity contribution in [3.05, 3.63) is 40.2 Å². The van der Waals surface area contributed by atoms with Crippen LogP contribution >= 0.6 is 23.1 Å². The molecule has 1 aliphatic rings. The summed E-state index contributed by atoms with van der Waals surface area (Å²) in [7, 11) is 0. The zero-order chi connectivity index (χ0) is 14.7. The fourth-order valence-corrected chi connectivity index (χ4v) is 5.07. The first-order valence-electron chi connectivity index (χ1n) is 7.64. The van der Waals surface area contributed by atoms with E-state index in [-0.39, 0.29) is 0 Å². The van der Waals surface area contributed by atoms with Crippen LogP contribution < -0.4 is 5.32 Å². The second-order valence-electron chi connectivity index (χ2n) is 5.73. The lowest BCUT2D eigenvalue weighted by molar-refractivity contribution is 0.593. The Labute approximate surface area is 135 Å². The first kappa shape index (κ1) is 15.1. The summed E-state index contributed by atoms with van der Waals surface area (Å²) < 4.78 is 0. The van der Waals surface area contributed by atoms with Crippen molar-refractivity contribution in [1.82, 2.24) is 10.3 Å². The Morgan fingerprint density at radius 1 is 1.29 bits per heavy atom. The molecule has 2 aromatic rings. The second kappa shape index (κ2) is 6.95. The summed E-state index contributed by atoms with van der Waals surface area (Å²) in [5, 5.41) is 5.47. The van der Waals surface area contributed by atoms with E-state index in [2.05, 4.69) is 61.3 Å². The van der Waals surface area contributed by atoms with Gasteiger partial charge in [0.25, 0.3) is 0 Å². The maximum atomic E-state index is 5.00. The van der Waals surface area contributed by atoms with Gasteiger partial charge in [-0.25, -0.2) is 4.98 Å². The van der Waals surface area contributed by atoms with Crippen molar-refractivity contribution in [2.24, 2.45) is 0 Å². The van der Waals surface area contributed by atoms with E-state index in [1.807, 2.05) is 11.3 Å². The highest BCUT2D eigenvalue weighted by molar-refractivity contribution is 7.99. The molecule has 1 aromatic heterocycles. The van der Waals surface area contributed by atoms with Gasteiger partial charge in [0, 0.05) is 23.0 Å². The molecule has 0 radical (unpaired) electrons. The quantitative estimate of drug-likeness (QED) is 0.851. The number of hydrogen-bond donors (Lipinski definition) is 1. The molecule has 0 aliphatic carbocycles. The largest absolute Gasteiger partial charge is 0.310 e. The van der Waals surface area contributed by atoms with Crippen molar-refractivity contribution in [3.63, 3.8) is 0 Å². The van der Waals surface area contributed by atoms with Gasteiger partial charge in [0.15, 0.2) is 0 Å². The Bertz CT molecular complexity index is 572. The summed E-state index contributed by atoms with van der Waals surface area (Å²) in [6, 6.07) is 11.1. The van der Waals surface area contributed by atoms with Crippen LogP contribution in [-0.4, -0.2) is 16.8 Å². The van der Waals surface area contributed by atoms with Gasteiger partial charge in [-0.3, -0.25) is 0 Å². The molecule has 1 aliphatic heterocycles. The van der Waals surface area contributed by atoms with Crippen molar-refractivity contribution in [3.8, 4) is 11.3 Å². The average molecular weight is 319 g/mol. The van der Waals surface area contributed by atoms with Crippen molar-refractivity contribution in [1.29, 1.82) is 0 Å². The van der Waals surface area contributed by atoms with Crippen LogP contribution in [0.1, 0.15) is 41.8 Å². The van der Waals surface area contributed by atoms with Crippen LogP contribution in [0.25, 0.3) is 11.3 Å². The lowest BCUT2D eigenvalue weighted by atomic mass is 10.1. The van der Waals surface area contributed by atoms with Crippen LogP contribution in [0, 0.1) is 0 Å². The van der Waals surface area contributed by atoms with Crippen LogP contribution in [0.2, 0.25) is 0 Å². The first-order valence-corrected chi connectivity index (χ1v) is 9.50. The van der Waals surface area contributed by atoms with Gasteiger partial charge >= 0.3 is 0 Å². The maximum Gasteiger partial charge on any atom is 0.107 e. The number of rotatable bonds is 5. The van der Waals surface area contributed by atoms with Gasteiger partial charge in [-0.1, -0.05) is 44.2 Å². The molecule has 0 amide bonds. The Kier molecular flexibility index (Phi) is 4.99. The fourth-order valence-electron chi connectivity index (χ4n) is 2.52. The van der Waals surface area contributed by atoms with Crippen LogP contribution in [0.15, 0.2) is 30.3 Å². The van der Waals surface area contributed by atoms with E-state index in [0.717, 1.165) is 6.54 Å². The highest BCUT2D eigenvalue weighted by Crippen LogP contribution is 2.43. The molecule has 0 spiro atoms. The van der Waals surface area contributed by atoms with Gasteiger partial charge in [0.05, 0.1) is 10.9 Å². The molecular formula is C17H22N2S2. The predicted octanol–water partition coefficient (Wildman–Crippen LogP) is 4.88. The second-order valence-corrected chi connectivity index (χ2v) is 8.15. The Morgan fingerprint density at radius 3 is 2.76 bits per heavy atom. The van der Waals surface area contributed by atoms with Gasteiger partial charge < -0.3 is 5.32 Å². The SMILES string of the molecule is CC(C)NCc1sc(C2CCCS2)nc1-c1ccccc1. The summed E-state index contributed by atoms with van der Waals surface area (Å²) in [4.78, 5) is 6.37. The number of thioether (sulfide) groups is 1. The normalized spacial score (nSPS) is 18.5. The molecule has 3 rings (SSSR count). The minimum atomic E-state index is 0.500. The predicted molar refractivity (Wildman–Crippen MR) is 94.0 cm³/mol. The lowest BCUT2D eigenvalue weighted by Crippen LogP contribution is -2.21. The zero-order valence-electron chi connectivity index (χ0n) is 12.6. The minimum Gasteiger partial charge on any atom is -0.310 e. The van der Waals surface area contributed by atoms with Crippen LogP contribution in [0.3, 0.4) is 0 Å². The van der Waals surface area contributed by atoms with Crippen molar-refractivity contribution in [2.75, 3.05) is 5.75 Å². The molecule has 0 bridgehead atoms. The van der Waals surface area contributed by atoms with E-state index >= 15 is 0 Å². The lowest BCUT2D eigenvalue weighted by Gasteiger charge is -2.07. The number of nitrogens with one attached hydrogen (secondary N) is 1. The number of aromatic nitrogens is 1. The molecular weight excluding hydrogens is 296 g/mol. The molecule has 0 saturated carbocycles. The van der Waals surface area contributed by atoms with Crippen LogP contribution in [0.4, 0.5) is 0 Å². The third kappa shape index (κ3) is 3.68. The summed E-state index contributed by atoms with van der Waals surface area (Å²) in [5.74, 6) is 1.28. The topological polar surface area (TPSA) is 24.9 Å². The monoisotopic (exact) mass is 318 g/mol. The van der Waals surface area contributed by atoms with Gasteiger partial charge in [0.1, 0.15) is 5.01 Å². The fraction of sp³-hybridized carbons (Fsp3) is 0.471. The smallest absolute Gasteiger partial charge is 0.107 e.